The predicted molar refractivity (Wildman–Crippen MR) is 80.4 cm³/mol. The topological polar surface area (TPSA) is 41.5 Å². The quantitative estimate of drug-likeness (QED) is 0.833. The fraction of sp³-hybridized carbons (Fsp3) is 0.294. The van der Waals surface area contributed by atoms with Crippen molar-refractivity contribution in [3.05, 3.63) is 59.7 Å². The Hall–Kier alpha value is -2.30. The van der Waals surface area contributed by atoms with E-state index in [1.54, 1.807) is 24.3 Å². The first-order chi connectivity index (χ1) is 10.5. The second-order valence-corrected chi connectivity index (χ2v) is 5.76. The summed E-state index contributed by atoms with van der Waals surface area (Å²) in [6.07, 6.45) is 5.77. The van der Waals surface area contributed by atoms with Crippen molar-refractivity contribution in [1.29, 1.82) is 0 Å². The van der Waals surface area contributed by atoms with Gasteiger partial charge in [0.25, 0.3) is 0 Å². The molecule has 1 N–H and O–H groups in total. The van der Waals surface area contributed by atoms with E-state index in [0.717, 1.165) is 0 Å². The van der Waals surface area contributed by atoms with Crippen LogP contribution in [0, 0.1) is 11.2 Å². The van der Waals surface area contributed by atoms with Crippen LogP contribution in [-0.4, -0.2) is 11.6 Å². The molecule has 1 aliphatic heterocycles. The highest BCUT2D eigenvalue weighted by atomic mass is 19.1. The largest absolute Gasteiger partial charge is 0.273 e. The van der Waals surface area contributed by atoms with Gasteiger partial charge >= 0.3 is 0 Å². The molecule has 1 aliphatic carbocycles. The average molecular weight is 302 g/mol. The first-order valence-corrected chi connectivity index (χ1v) is 7.17. The lowest BCUT2D eigenvalue weighted by molar-refractivity contribution is -0.121. The van der Waals surface area contributed by atoms with Crippen LogP contribution in [0.3, 0.4) is 0 Å². The summed E-state index contributed by atoms with van der Waals surface area (Å²) in [6.45, 7) is 1.83. The van der Waals surface area contributed by atoms with E-state index in [2.05, 4.69) is 10.5 Å². The van der Waals surface area contributed by atoms with Crippen LogP contribution in [-0.2, 0) is 4.79 Å². The van der Waals surface area contributed by atoms with Crippen molar-refractivity contribution >= 4 is 11.6 Å². The van der Waals surface area contributed by atoms with Gasteiger partial charge in [0.05, 0.1) is 11.6 Å². The zero-order chi connectivity index (χ0) is 15.7. The number of nitrogens with zero attached hydrogens (tertiary/aromatic N) is 1. The highest BCUT2D eigenvalue weighted by Gasteiger charge is 2.34. The van der Waals surface area contributed by atoms with E-state index in [9.17, 15) is 13.6 Å². The van der Waals surface area contributed by atoms with Gasteiger partial charge in [0.15, 0.2) is 0 Å². The zero-order valence-electron chi connectivity index (χ0n) is 12.1. The van der Waals surface area contributed by atoms with Crippen LogP contribution in [0.15, 0.2) is 53.4 Å². The van der Waals surface area contributed by atoms with E-state index < -0.39 is 23.0 Å². The molecule has 22 heavy (non-hydrogen) atoms. The fourth-order valence-electron chi connectivity index (χ4n) is 2.83. The van der Waals surface area contributed by atoms with Gasteiger partial charge in [0, 0.05) is 17.4 Å². The Labute approximate surface area is 127 Å². The standard InChI is InChI=1S/C17H16F2N2O/c1-17(15-6-7-16(22)21-20-15)9-8-12(14(19)10-17)11-4-2-3-5-13(11)18/h2-5,8-10,12H,6-7H2,1H3,(H,21,22). The van der Waals surface area contributed by atoms with Crippen molar-refractivity contribution in [2.75, 3.05) is 0 Å². The maximum atomic E-state index is 14.5. The molecule has 2 atom stereocenters. The van der Waals surface area contributed by atoms with Crippen LogP contribution in [0.5, 0.6) is 0 Å². The molecule has 1 heterocycles. The fourth-order valence-corrected chi connectivity index (χ4v) is 2.83. The van der Waals surface area contributed by atoms with Crippen molar-refractivity contribution in [1.82, 2.24) is 5.43 Å². The molecule has 0 saturated carbocycles. The highest BCUT2D eigenvalue weighted by molar-refractivity contribution is 5.98. The highest BCUT2D eigenvalue weighted by Crippen LogP contribution is 2.40. The predicted octanol–water partition coefficient (Wildman–Crippen LogP) is 3.60. The van der Waals surface area contributed by atoms with Crippen molar-refractivity contribution in [2.45, 2.75) is 25.7 Å². The summed E-state index contributed by atoms with van der Waals surface area (Å²) in [4.78, 5) is 11.2. The molecule has 1 aromatic carbocycles. The summed E-state index contributed by atoms with van der Waals surface area (Å²) in [7, 11) is 0. The number of allylic oxidation sites excluding steroid dienone is 4. The molecule has 0 fully saturated rings. The number of nitrogens with one attached hydrogen (secondary N) is 1. The Morgan fingerprint density at radius 3 is 2.68 bits per heavy atom. The minimum absolute atomic E-state index is 0.138. The van der Waals surface area contributed by atoms with Crippen LogP contribution >= 0.6 is 0 Å². The first kappa shape index (κ1) is 14.6. The lowest BCUT2D eigenvalue weighted by Gasteiger charge is -2.31. The van der Waals surface area contributed by atoms with Gasteiger partial charge in [0.1, 0.15) is 11.6 Å². The molecule has 0 aromatic heterocycles. The van der Waals surface area contributed by atoms with Gasteiger partial charge in [-0.15, -0.1) is 0 Å². The monoisotopic (exact) mass is 302 g/mol. The van der Waals surface area contributed by atoms with Crippen LogP contribution in [0.4, 0.5) is 8.78 Å². The van der Waals surface area contributed by atoms with Crippen molar-refractivity contribution in [3.63, 3.8) is 0 Å². The van der Waals surface area contributed by atoms with Crippen LogP contribution < -0.4 is 5.43 Å². The number of rotatable bonds is 2. The maximum absolute atomic E-state index is 14.5. The van der Waals surface area contributed by atoms with Gasteiger partial charge in [-0.3, -0.25) is 4.79 Å². The summed E-state index contributed by atoms with van der Waals surface area (Å²) in [6, 6.07) is 6.18. The Kier molecular flexibility index (Phi) is 3.64. The Balaban J connectivity index is 1.91. The molecule has 1 amide bonds. The second-order valence-electron chi connectivity index (χ2n) is 5.76. The number of hydrogen-bond acceptors (Lipinski definition) is 2. The van der Waals surface area contributed by atoms with Crippen LogP contribution in [0.1, 0.15) is 31.2 Å². The summed E-state index contributed by atoms with van der Waals surface area (Å²) >= 11 is 0. The third kappa shape index (κ3) is 2.58. The van der Waals surface area contributed by atoms with E-state index in [4.69, 9.17) is 0 Å². The molecule has 0 radical (unpaired) electrons. The smallest absolute Gasteiger partial charge is 0.240 e. The molecule has 2 unspecified atom stereocenters. The minimum Gasteiger partial charge on any atom is -0.273 e. The molecule has 0 spiro atoms. The SMILES string of the molecule is CC1(C2=NNC(=O)CC2)C=CC(c2ccccc2F)C(F)=C1. The zero-order valence-corrected chi connectivity index (χ0v) is 12.1. The molecule has 114 valence electrons. The van der Waals surface area contributed by atoms with E-state index >= 15 is 0 Å². The Morgan fingerprint density at radius 2 is 2.05 bits per heavy atom. The van der Waals surface area contributed by atoms with Gasteiger partial charge in [-0.1, -0.05) is 30.4 Å². The molecule has 3 nitrogen and oxygen atoms in total. The molecule has 0 bridgehead atoms. The van der Waals surface area contributed by atoms with Crippen molar-refractivity contribution < 1.29 is 13.6 Å². The summed E-state index contributed by atoms with van der Waals surface area (Å²) < 4.78 is 28.4. The average Bonchev–Trinajstić information content (AvgIpc) is 2.49. The molecule has 3 rings (SSSR count). The lowest BCUT2D eigenvalue weighted by Crippen LogP contribution is -2.34. The number of amides is 1. The van der Waals surface area contributed by atoms with Crippen molar-refractivity contribution in [3.8, 4) is 0 Å². The summed E-state index contributed by atoms with van der Waals surface area (Å²) in [5, 5.41) is 4.04. The maximum Gasteiger partial charge on any atom is 0.240 e. The Morgan fingerprint density at radius 1 is 1.27 bits per heavy atom. The molecule has 5 heteroatoms. The van der Waals surface area contributed by atoms with E-state index in [1.165, 1.54) is 12.1 Å². The number of carbonyl (C=O) groups is 1. The lowest BCUT2D eigenvalue weighted by atomic mass is 9.76. The van der Waals surface area contributed by atoms with Crippen molar-refractivity contribution in [2.24, 2.45) is 10.5 Å². The van der Waals surface area contributed by atoms with E-state index in [1.807, 2.05) is 13.0 Å². The van der Waals surface area contributed by atoms with Gasteiger partial charge in [0.2, 0.25) is 5.91 Å². The summed E-state index contributed by atoms with van der Waals surface area (Å²) in [5.74, 6) is -1.69. The number of hydrogen-bond donors (Lipinski definition) is 1. The van der Waals surface area contributed by atoms with Gasteiger partial charge < -0.3 is 0 Å². The third-order valence-corrected chi connectivity index (χ3v) is 4.14. The van der Waals surface area contributed by atoms with Gasteiger partial charge in [-0.2, -0.15) is 5.10 Å². The second kappa shape index (κ2) is 5.48. The number of halogens is 2. The molecular weight excluding hydrogens is 286 g/mol. The third-order valence-electron chi connectivity index (χ3n) is 4.14. The number of hydrazone groups is 1. The van der Waals surface area contributed by atoms with Crippen LogP contribution in [0.25, 0.3) is 0 Å². The number of carbonyl (C=O) groups excluding carboxylic acids is 1. The Bertz CT molecular complexity index is 708. The van der Waals surface area contributed by atoms with Crippen LogP contribution in [0.2, 0.25) is 0 Å². The molecule has 2 aliphatic rings. The molecular formula is C17H16F2N2O. The van der Waals surface area contributed by atoms with Gasteiger partial charge in [-0.25, -0.2) is 14.2 Å². The van der Waals surface area contributed by atoms with E-state index in [-0.39, 0.29) is 5.91 Å². The normalized spacial score (nSPS) is 28.0. The summed E-state index contributed by atoms with van der Waals surface area (Å²) in [5.41, 5.74) is 2.74. The number of benzene rings is 1. The molecule has 0 saturated heterocycles. The minimum atomic E-state index is -0.715. The molecule has 1 aromatic rings. The first-order valence-electron chi connectivity index (χ1n) is 7.17. The van der Waals surface area contributed by atoms with E-state index in [0.29, 0.717) is 24.1 Å². The van der Waals surface area contributed by atoms with Gasteiger partial charge in [-0.05, 0) is 25.5 Å².